The van der Waals surface area contributed by atoms with Gasteiger partial charge in [-0.05, 0) is 43.4 Å². The van der Waals surface area contributed by atoms with Gasteiger partial charge in [0.15, 0.2) is 5.96 Å². The zero-order valence-electron chi connectivity index (χ0n) is 16.7. The Morgan fingerprint density at radius 3 is 2.54 bits per heavy atom. The van der Waals surface area contributed by atoms with Crippen molar-refractivity contribution in [1.82, 2.24) is 10.2 Å². The number of methoxy groups -OCH3 is 1. The Balaban J connectivity index is 1.50. The fourth-order valence-corrected chi connectivity index (χ4v) is 3.68. The van der Waals surface area contributed by atoms with Gasteiger partial charge in [0.1, 0.15) is 0 Å². The molecule has 28 heavy (non-hydrogen) atoms. The molecule has 0 spiro atoms. The molecule has 1 heterocycles. The fourth-order valence-electron chi connectivity index (χ4n) is 3.68. The smallest absolute Gasteiger partial charge is 0.308 e. The highest BCUT2D eigenvalue weighted by Gasteiger charge is 2.27. The Labute approximate surface area is 166 Å². The zero-order valence-corrected chi connectivity index (χ0v) is 16.7. The number of carbonyl (C=O) groups excluding carboxylic acids is 2. The van der Waals surface area contributed by atoms with Crippen LogP contribution in [0.2, 0.25) is 0 Å². The summed E-state index contributed by atoms with van der Waals surface area (Å²) in [5, 5.41) is 6.41. The molecule has 152 valence electrons. The van der Waals surface area contributed by atoms with Crippen LogP contribution in [0.3, 0.4) is 0 Å². The minimum Gasteiger partial charge on any atom is -0.469 e. The van der Waals surface area contributed by atoms with Gasteiger partial charge in [-0.3, -0.25) is 14.6 Å². The van der Waals surface area contributed by atoms with E-state index in [9.17, 15) is 9.59 Å². The van der Waals surface area contributed by atoms with E-state index in [1.165, 1.54) is 7.11 Å². The predicted octanol–water partition coefficient (Wildman–Crippen LogP) is 2.39. The minimum absolute atomic E-state index is 0.0182. The minimum atomic E-state index is -0.122. The van der Waals surface area contributed by atoms with Crippen molar-refractivity contribution < 1.29 is 14.3 Å². The van der Waals surface area contributed by atoms with Gasteiger partial charge in [-0.2, -0.15) is 0 Å². The third-order valence-electron chi connectivity index (χ3n) is 5.66. The van der Waals surface area contributed by atoms with Gasteiger partial charge in [0.05, 0.1) is 13.0 Å². The fraction of sp³-hybridized carbons (Fsp3) is 0.571. The van der Waals surface area contributed by atoms with E-state index in [4.69, 9.17) is 4.74 Å². The second-order valence-corrected chi connectivity index (χ2v) is 7.50. The Hall–Kier alpha value is -2.57. The quantitative estimate of drug-likeness (QED) is 0.461. The monoisotopic (exact) mass is 386 g/mol. The van der Waals surface area contributed by atoms with E-state index in [0.717, 1.165) is 62.4 Å². The van der Waals surface area contributed by atoms with Crippen LogP contribution in [0.4, 0.5) is 5.69 Å². The van der Waals surface area contributed by atoms with Gasteiger partial charge >= 0.3 is 5.97 Å². The van der Waals surface area contributed by atoms with E-state index in [-0.39, 0.29) is 23.7 Å². The molecule has 2 fully saturated rings. The normalized spacial score (nSPS) is 18.4. The number of anilines is 1. The molecule has 3 rings (SSSR count). The largest absolute Gasteiger partial charge is 0.469 e. The number of likely N-dealkylation sites (tertiary alicyclic amines) is 1. The Kier molecular flexibility index (Phi) is 6.90. The number of ether oxygens (including phenoxy) is 1. The summed E-state index contributed by atoms with van der Waals surface area (Å²) >= 11 is 0. The van der Waals surface area contributed by atoms with E-state index in [1.807, 2.05) is 24.3 Å². The van der Waals surface area contributed by atoms with E-state index < -0.39 is 0 Å². The molecule has 7 nitrogen and oxygen atoms in total. The number of nitrogens with one attached hydrogen (secondary N) is 2. The first-order valence-corrected chi connectivity index (χ1v) is 10.0. The summed E-state index contributed by atoms with van der Waals surface area (Å²) in [5.74, 6) is 0.986. The van der Waals surface area contributed by atoms with Crippen LogP contribution in [0.15, 0.2) is 29.3 Å². The lowest BCUT2D eigenvalue weighted by Crippen LogP contribution is -2.46. The van der Waals surface area contributed by atoms with Crippen molar-refractivity contribution in [2.45, 2.75) is 38.6 Å². The lowest BCUT2D eigenvalue weighted by Gasteiger charge is -2.33. The highest BCUT2D eigenvalue weighted by atomic mass is 16.5. The van der Waals surface area contributed by atoms with E-state index in [1.54, 1.807) is 7.05 Å². The van der Waals surface area contributed by atoms with Crippen LogP contribution in [-0.4, -0.2) is 50.0 Å². The Morgan fingerprint density at radius 1 is 1.18 bits per heavy atom. The molecule has 1 aromatic carbocycles. The van der Waals surface area contributed by atoms with Gasteiger partial charge in [0.2, 0.25) is 5.91 Å². The van der Waals surface area contributed by atoms with E-state index >= 15 is 0 Å². The molecule has 2 N–H and O–H groups in total. The Bertz CT molecular complexity index is 722. The Morgan fingerprint density at radius 2 is 1.93 bits per heavy atom. The first-order valence-electron chi connectivity index (χ1n) is 10.0. The molecule has 1 aromatic rings. The van der Waals surface area contributed by atoms with Crippen molar-refractivity contribution in [2.24, 2.45) is 16.8 Å². The molecule has 0 radical (unpaired) electrons. The average molecular weight is 386 g/mol. The molecular formula is C21H30N4O3. The first kappa shape index (κ1) is 20.2. The number of rotatable bonds is 5. The standard InChI is InChI=1S/C21H30N4O3/c1-22-21(25-11-9-17(10-12-25)20(27)28-2)23-14-15-5-3-8-18(13-15)24-19(26)16-6-4-7-16/h3,5,8,13,16-17H,4,6-7,9-12,14H2,1-2H3,(H,22,23)(H,24,26). The van der Waals surface area contributed by atoms with Crippen LogP contribution in [0, 0.1) is 11.8 Å². The number of carbonyl (C=O) groups is 2. The van der Waals surface area contributed by atoms with Crippen molar-refractivity contribution in [3.8, 4) is 0 Å². The number of piperidine rings is 1. The number of esters is 1. The topological polar surface area (TPSA) is 83.0 Å². The van der Waals surface area contributed by atoms with Crippen molar-refractivity contribution in [1.29, 1.82) is 0 Å². The SMILES string of the molecule is CN=C(NCc1cccc(NC(=O)C2CCC2)c1)N1CCC(C(=O)OC)CC1. The summed E-state index contributed by atoms with van der Waals surface area (Å²) in [5.41, 5.74) is 1.92. The van der Waals surface area contributed by atoms with Crippen molar-refractivity contribution >= 4 is 23.5 Å². The number of hydrogen-bond donors (Lipinski definition) is 2. The molecule has 7 heteroatoms. The molecule has 0 unspecified atom stereocenters. The summed E-state index contributed by atoms with van der Waals surface area (Å²) in [6.07, 6.45) is 4.69. The van der Waals surface area contributed by atoms with E-state index in [2.05, 4.69) is 20.5 Å². The molecule has 0 aromatic heterocycles. The van der Waals surface area contributed by atoms with Gasteiger partial charge in [-0.15, -0.1) is 0 Å². The molecule has 1 saturated carbocycles. The second kappa shape index (κ2) is 9.57. The first-order chi connectivity index (χ1) is 13.6. The summed E-state index contributed by atoms with van der Waals surface area (Å²) < 4.78 is 4.85. The molecule has 0 bridgehead atoms. The average Bonchev–Trinajstić information content (AvgIpc) is 2.67. The summed E-state index contributed by atoms with van der Waals surface area (Å²) in [4.78, 5) is 30.4. The lowest BCUT2D eigenvalue weighted by atomic mass is 9.85. The third-order valence-corrected chi connectivity index (χ3v) is 5.66. The molecular weight excluding hydrogens is 356 g/mol. The highest BCUT2D eigenvalue weighted by Crippen LogP contribution is 2.27. The van der Waals surface area contributed by atoms with Gasteiger partial charge < -0.3 is 20.3 Å². The number of benzene rings is 1. The number of amides is 1. The lowest BCUT2D eigenvalue weighted by molar-refractivity contribution is -0.146. The van der Waals surface area contributed by atoms with Crippen LogP contribution >= 0.6 is 0 Å². The number of nitrogens with zero attached hydrogens (tertiary/aromatic N) is 2. The van der Waals surface area contributed by atoms with Gasteiger partial charge in [-0.1, -0.05) is 18.6 Å². The van der Waals surface area contributed by atoms with Gasteiger partial charge in [0.25, 0.3) is 0 Å². The summed E-state index contributed by atoms with van der Waals surface area (Å²) in [7, 11) is 3.21. The molecule has 1 amide bonds. The van der Waals surface area contributed by atoms with Crippen LogP contribution in [0.1, 0.15) is 37.7 Å². The molecule has 1 aliphatic heterocycles. The second-order valence-electron chi connectivity index (χ2n) is 7.50. The van der Waals surface area contributed by atoms with Crippen molar-refractivity contribution in [3.05, 3.63) is 29.8 Å². The molecule has 0 atom stereocenters. The van der Waals surface area contributed by atoms with Gasteiger partial charge in [-0.25, -0.2) is 0 Å². The van der Waals surface area contributed by atoms with Crippen LogP contribution in [0.25, 0.3) is 0 Å². The maximum atomic E-state index is 12.1. The predicted molar refractivity (Wildman–Crippen MR) is 109 cm³/mol. The van der Waals surface area contributed by atoms with Crippen molar-refractivity contribution in [2.75, 3.05) is 32.6 Å². The van der Waals surface area contributed by atoms with E-state index in [0.29, 0.717) is 6.54 Å². The highest BCUT2D eigenvalue weighted by molar-refractivity contribution is 5.93. The number of aliphatic imine (C=N–C) groups is 1. The number of guanidine groups is 1. The van der Waals surface area contributed by atoms with Crippen LogP contribution in [0.5, 0.6) is 0 Å². The zero-order chi connectivity index (χ0) is 19.9. The van der Waals surface area contributed by atoms with Gasteiger partial charge in [0, 0.05) is 38.3 Å². The maximum absolute atomic E-state index is 12.1. The van der Waals surface area contributed by atoms with Crippen molar-refractivity contribution in [3.63, 3.8) is 0 Å². The molecule has 1 aliphatic carbocycles. The molecule has 2 aliphatic rings. The van der Waals surface area contributed by atoms with Crippen LogP contribution in [-0.2, 0) is 20.9 Å². The molecule has 1 saturated heterocycles. The summed E-state index contributed by atoms with van der Waals surface area (Å²) in [6, 6.07) is 7.91. The third kappa shape index (κ3) is 5.03. The van der Waals surface area contributed by atoms with Crippen LogP contribution < -0.4 is 10.6 Å². The maximum Gasteiger partial charge on any atom is 0.308 e. The number of hydrogen-bond acceptors (Lipinski definition) is 4. The summed E-state index contributed by atoms with van der Waals surface area (Å²) in [6.45, 7) is 2.17.